The van der Waals surface area contributed by atoms with Crippen LogP contribution < -0.4 is 5.73 Å². The molecule has 0 fully saturated rings. The van der Waals surface area contributed by atoms with Crippen molar-refractivity contribution >= 4 is 6.03 Å². The first-order valence-corrected chi connectivity index (χ1v) is 8.19. The second-order valence-electron chi connectivity index (χ2n) is 7.20. The summed E-state index contributed by atoms with van der Waals surface area (Å²) in [7, 11) is 0. The Balaban J connectivity index is 2.17. The van der Waals surface area contributed by atoms with Crippen LogP contribution >= 0.6 is 0 Å². The number of aromatic nitrogens is 2. The van der Waals surface area contributed by atoms with Crippen molar-refractivity contribution in [3.63, 3.8) is 0 Å². The van der Waals surface area contributed by atoms with Crippen LogP contribution in [0.2, 0.25) is 0 Å². The van der Waals surface area contributed by atoms with Crippen LogP contribution in [0.4, 0.5) is 4.79 Å². The standard InChI is InChI=1S/C16H26N4O2/c1-10-9-11-13(12-7-5-4-6-8-19(12)18-11)14(16(2,3)22)20(10)15(17)21/h10,14,22H,4-9H2,1-3H3,(H2,17,21). The van der Waals surface area contributed by atoms with Gasteiger partial charge in [0, 0.05) is 30.3 Å². The molecule has 0 saturated carbocycles. The van der Waals surface area contributed by atoms with Gasteiger partial charge in [0.15, 0.2) is 0 Å². The van der Waals surface area contributed by atoms with Crippen LogP contribution in [-0.2, 0) is 19.4 Å². The normalized spacial score (nSPS) is 25.4. The molecule has 22 heavy (non-hydrogen) atoms. The lowest BCUT2D eigenvalue weighted by Crippen LogP contribution is -2.54. The van der Waals surface area contributed by atoms with E-state index >= 15 is 0 Å². The van der Waals surface area contributed by atoms with Gasteiger partial charge in [-0.25, -0.2) is 4.79 Å². The highest BCUT2D eigenvalue weighted by atomic mass is 16.3. The van der Waals surface area contributed by atoms with E-state index in [9.17, 15) is 9.90 Å². The number of nitrogens with two attached hydrogens (primary N) is 1. The minimum absolute atomic E-state index is 0.0550. The Bertz CT molecular complexity index is 588. The largest absolute Gasteiger partial charge is 0.388 e. The van der Waals surface area contributed by atoms with Crippen LogP contribution in [0.5, 0.6) is 0 Å². The van der Waals surface area contributed by atoms with Crippen LogP contribution in [0.25, 0.3) is 0 Å². The number of carbonyl (C=O) groups is 1. The Morgan fingerprint density at radius 3 is 2.73 bits per heavy atom. The summed E-state index contributed by atoms with van der Waals surface area (Å²) < 4.78 is 2.09. The summed E-state index contributed by atoms with van der Waals surface area (Å²) in [6, 6.07) is -0.954. The number of aryl methyl sites for hydroxylation is 1. The molecule has 0 bridgehead atoms. The van der Waals surface area contributed by atoms with Gasteiger partial charge in [-0.05, 0) is 40.0 Å². The summed E-state index contributed by atoms with van der Waals surface area (Å²) >= 11 is 0. The third-order valence-electron chi connectivity index (χ3n) is 4.90. The van der Waals surface area contributed by atoms with Gasteiger partial charge >= 0.3 is 6.03 Å². The van der Waals surface area contributed by atoms with Gasteiger partial charge in [0.2, 0.25) is 0 Å². The summed E-state index contributed by atoms with van der Waals surface area (Å²) in [6.45, 7) is 6.38. The maximum Gasteiger partial charge on any atom is 0.315 e. The Morgan fingerprint density at radius 2 is 2.09 bits per heavy atom. The average Bonchev–Trinajstić information content (AvgIpc) is 2.58. The number of hydrogen-bond donors (Lipinski definition) is 2. The van der Waals surface area contributed by atoms with Gasteiger partial charge in [0.1, 0.15) is 0 Å². The second kappa shape index (κ2) is 5.26. The van der Waals surface area contributed by atoms with E-state index in [-0.39, 0.29) is 6.04 Å². The minimum atomic E-state index is -1.06. The van der Waals surface area contributed by atoms with Crippen molar-refractivity contribution < 1.29 is 9.90 Å². The molecule has 6 heteroatoms. The van der Waals surface area contributed by atoms with Gasteiger partial charge in [-0.15, -0.1) is 0 Å². The number of aliphatic hydroxyl groups is 1. The fourth-order valence-corrected chi connectivity index (χ4v) is 4.02. The Labute approximate surface area is 131 Å². The molecule has 2 aliphatic heterocycles. The molecule has 3 heterocycles. The molecule has 1 aromatic rings. The molecule has 2 amide bonds. The van der Waals surface area contributed by atoms with Crippen molar-refractivity contribution in [1.29, 1.82) is 0 Å². The zero-order valence-electron chi connectivity index (χ0n) is 13.7. The molecule has 0 radical (unpaired) electrons. The molecule has 1 aromatic heterocycles. The molecule has 122 valence electrons. The summed E-state index contributed by atoms with van der Waals surface area (Å²) in [5.41, 5.74) is 7.80. The van der Waals surface area contributed by atoms with E-state index in [0.717, 1.165) is 37.1 Å². The lowest BCUT2D eigenvalue weighted by molar-refractivity contribution is -0.0221. The number of nitrogens with zero attached hydrogens (tertiary/aromatic N) is 3. The number of carbonyl (C=O) groups excluding carboxylic acids is 1. The monoisotopic (exact) mass is 306 g/mol. The van der Waals surface area contributed by atoms with Gasteiger partial charge in [-0.1, -0.05) is 6.42 Å². The number of fused-ring (bicyclic) bond motifs is 3. The summed E-state index contributed by atoms with van der Waals surface area (Å²) in [5, 5.41) is 15.5. The van der Waals surface area contributed by atoms with Crippen molar-refractivity contribution in [2.45, 2.75) is 77.1 Å². The molecular formula is C16H26N4O2. The van der Waals surface area contributed by atoms with Crippen LogP contribution in [0.3, 0.4) is 0 Å². The van der Waals surface area contributed by atoms with E-state index in [1.165, 1.54) is 12.1 Å². The molecule has 3 N–H and O–H groups in total. The third kappa shape index (κ3) is 2.39. The molecule has 2 atom stereocenters. The van der Waals surface area contributed by atoms with E-state index in [2.05, 4.69) is 4.68 Å². The zero-order chi connectivity index (χ0) is 16.1. The predicted molar refractivity (Wildman–Crippen MR) is 83.4 cm³/mol. The maximum atomic E-state index is 12.0. The second-order valence-corrected chi connectivity index (χ2v) is 7.20. The highest BCUT2D eigenvalue weighted by Crippen LogP contribution is 2.42. The molecule has 0 aliphatic carbocycles. The van der Waals surface area contributed by atoms with Gasteiger partial charge in [-0.2, -0.15) is 5.10 Å². The van der Waals surface area contributed by atoms with Crippen molar-refractivity contribution in [1.82, 2.24) is 14.7 Å². The topological polar surface area (TPSA) is 84.4 Å². The van der Waals surface area contributed by atoms with E-state index in [4.69, 9.17) is 10.8 Å². The highest BCUT2D eigenvalue weighted by molar-refractivity contribution is 5.74. The molecule has 2 aliphatic rings. The van der Waals surface area contributed by atoms with Crippen LogP contribution in [0.1, 0.15) is 63.0 Å². The number of primary amides is 1. The van der Waals surface area contributed by atoms with Crippen molar-refractivity contribution in [2.75, 3.05) is 0 Å². The SMILES string of the molecule is CC1Cc2nn3c(c2C(C(C)(C)O)N1C(N)=O)CCCCC3. The molecule has 0 spiro atoms. The molecule has 6 nitrogen and oxygen atoms in total. The zero-order valence-corrected chi connectivity index (χ0v) is 13.7. The van der Waals surface area contributed by atoms with E-state index in [1.807, 2.05) is 6.92 Å². The number of rotatable bonds is 1. The summed E-state index contributed by atoms with van der Waals surface area (Å²) in [4.78, 5) is 13.6. The van der Waals surface area contributed by atoms with Crippen molar-refractivity contribution in [3.8, 4) is 0 Å². The lowest BCUT2D eigenvalue weighted by Gasteiger charge is -2.45. The summed E-state index contributed by atoms with van der Waals surface area (Å²) in [6.07, 6.45) is 5.11. The van der Waals surface area contributed by atoms with Gasteiger partial charge < -0.3 is 15.7 Å². The smallest absolute Gasteiger partial charge is 0.315 e. The average molecular weight is 306 g/mol. The fourth-order valence-electron chi connectivity index (χ4n) is 4.02. The van der Waals surface area contributed by atoms with Crippen LogP contribution in [0, 0.1) is 0 Å². The summed E-state index contributed by atoms with van der Waals surface area (Å²) in [5.74, 6) is 0. The van der Waals surface area contributed by atoms with Gasteiger partial charge in [0.05, 0.1) is 17.3 Å². The first-order chi connectivity index (χ1) is 10.3. The Hall–Kier alpha value is -1.56. The number of urea groups is 1. The van der Waals surface area contributed by atoms with E-state index in [0.29, 0.717) is 6.42 Å². The van der Waals surface area contributed by atoms with Gasteiger partial charge in [-0.3, -0.25) is 4.68 Å². The van der Waals surface area contributed by atoms with Crippen LogP contribution in [-0.4, -0.2) is 37.5 Å². The molecular weight excluding hydrogens is 280 g/mol. The minimum Gasteiger partial charge on any atom is -0.388 e. The predicted octanol–water partition coefficient (Wildman–Crippen LogP) is 1.75. The molecule has 0 saturated heterocycles. The first kappa shape index (κ1) is 15.3. The molecule has 3 rings (SSSR count). The molecule has 2 unspecified atom stereocenters. The van der Waals surface area contributed by atoms with Crippen LogP contribution in [0.15, 0.2) is 0 Å². The van der Waals surface area contributed by atoms with E-state index in [1.54, 1.807) is 18.7 Å². The Kier molecular flexibility index (Phi) is 3.67. The number of amides is 2. The van der Waals surface area contributed by atoms with Gasteiger partial charge in [0.25, 0.3) is 0 Å². The molecule has 0 aromatic carbocycles. The fraction of sp³-hybridized carbons (Fsp3) is 0.750. The Morgan fingerprint density at radius 1 is 1.36 bits per heavy atom. The lowest BCUT2D eigenvalue weighted by atomic mass is 9.82. The van der Waals surface area contributed by atoms with E-state index < -0.39 is 17.7 Å². The van der Waals surface area contributed by atoms with Crippen molar-refractivity contribution in [3.05, 3.63) is 17.0 Å². The maximum absolute atomic E-state index is 12.0. The highest BCUT2D eigenvalue weighted by Gasteiger charge is 2.45. The first-order valence-electron chi connectivity index (χ1n) is 8.19. The number of hydrogen-bond acceptors (Lipinski definition) is 3. The van der Waals surface area contributed by atoms with Crippen molar-refractivity contribution in [2.24, 2.45) is 5.73 Å². The third-order valence-corrected chi connectivity index (χ3v) is 4.90. The quantitative estimate of drug-likeness (QED) is 0.829.